The first-order valence-corrected chi connectivity index (χ1v) is 5.45. The minimum atomic E-state index is -0.346. The Morgan fingerprint density at radius 3 is 2.25 bits per heavy atom. The molecule has 90 valence electrons. The van der Waals surface area contributed by atoms with Gasteiger partial charge in [-0.2, -0.15) is 0 Å². The van der Waals surface area contributed by atoms with Crippen LogP contribution in [-0.4, -0.2) is 26.6 Å². The Morgan fingerprint density at radius 1 is 1.12 bits per heavy atom. The van der Waals surface area contributed by atoms with E-state index in [2.05, 4.69) is 32.0 Å². The molecule has 0 fully saturated rings. The van der Waals surface area contributed by atoms with Crippen LogP contribution in [0, 0.1) is 13.8 Å². The summed E-state index contributed by atoms with van der Waals surface area (Å²) in [5.41, 5.74) is 9.81. The third-order valence-corrected chi connectivity index (χ3v) is 2.86. The molecule has 0 radical (unpaired) electrons. The summed E-state index contributed by atoms with van der Waals surface area (Å²) in [7, 11) is 3.21. The van der Waals surface area contributed by atoms with E-state index in [1.807, 2.05) is 0 Å². The van der Waals surface area contributed by atoms with Gasteiger partial charge in [0.1, 0.15) is 0 Å². The van der Waals surface area contributed by atoms with Crippen LogP contribution in [0.2, 0.25) is 0 Å². The van der Waals surface area contributed by atoms with Gasteiger partial charge < -0.3 is 15.2 Å². The lowest BCUT2D eigenvalue weighted by atomic mass is 10.0. The fourth-order valence-electron chi connectivity index (χ4n) is 1.74. The number of nitrogens with two attached hydrogens (primary N) is 1. The molecule has 1 rings (SSSR count). The van der Waals surface area contributed by atoms with Gasteiger partial charge in [-0.15, -0.1) is 0 Å². The van der Waals surface area contributed by atoms with Crippen LogP contribution in [0.5, 0.6) is 0 Å². The highest BCUT2D eigenvalue weighted by Gasteiger charge is 2.16. The van der Waals surface area contributed by atoms with E-state index in [4.69, 9.17) is 15.2 Å². The summed E-state index contributed by atoms with van der Waals surface area (Å²) < 4.78 is 10.3. The van der Waals surface area contributed by atoms with Crippen molar-refractivity contribution in [3.05, 3.63) is 34.9 Å². The normalized spacial score (nSPS) is 13.1. The van der Waals surface area contributed by atoms with Gasteiger partial charge in [-0.25, -0.2) is 0 Å². The molecule has 16 heavy (non-hydrogen) atoms. The maximum absolute atomic E-state index is 6.01. The van der Waals surface area contributed by atoms with Gasteiger partial charge in [0.05, 0.1) is 6.04 Å². The van der Waals surface area contributed by atoms with Crippen LogP contribution in [0.4, 0.5) is 0 Å². The van der Waals surface area contributed by atoms with Gasteiger partial charge in [-0.3, -0.25) is 0 Å². The quantitative estimate of drug-likeness (QED) is 0.774. The van der Waals surface area contributed by atoms with Crippen molar-refractivity contribution in [3.63, 3.8) is 0 Å². The van der Waals surface area contributed by atoms with Crippen molar-refractivity contribution in [2.24, 2.45) is 5.73 Å². The van der Waals surface area contributed by atoms with Crippen molar-refractivity contribution in [2.45, 2.75) is 32.6 Å². The highest BCUT2D eigenvalue weighted by Crippen LogP contribution is 2.12. The molecule has 0 bridgehead atoms. The minimum Gasteiger partial charge on any atom is -0.354 e. The fourth-order valence-corrected chi connectivity index (χ4v) is 1.74. The number of benzene rings is 1. The summed E-state index contributed by atoms with van der Waals surface area (Å²) >= 11 is 0. The summed E-state index contributed by atoms with van der Waals surface area (Å²) in [5.74, 6) is 0. The number of aryl methyl sites for hydroxylation is 2. The highest BCUT2D eigenvalue weighted by atomic mass is 16.7. The molecular formula is C13H21NO2. The zero-order chi connectivity index (χ0) is 12.1. The minimum absolute atomic E-state index is 0.142. The molecule has 1 atom stereocenters. The lowest BCUT2D eigenvalue weighted by Gasteiger charge is -2.21. The molecule has 0 aliphatic heterocycles. The van der Waals surface area contributed by atoms with Crippen molar-refractivity contribution >= 4 is 0 Å². The molecule has 3 heteroatoms. The molecule has 0 aromatic heterocycles. The molecule has 0 saturated carbocycles. The van der Waals surface area contributed by atoms with E-state index >= 15 is 0 Å². The average molecular weight is 223 g/mol. The smallest absolute Gasteiger partial charge is 0.172 e. The predicted molar refractivity (Wildman–Crippen MR) is 65.4 cm³/mol. The summed E-state index contributed by atoms with van der Waals surface area (Å²) in [4.78, 5) is 0. The zero-order valence-corrected chi connectivity index (χ0v) is 10.5. The second kappa shape index (κ2) is 5.99. The van der Waals surface area contributed by atoms with Crippen LogP contribution in [0.1, 0.15) is 16.7 Å². The highest BCUT2D eigenvalue weighted by molar-refractivity contribution is 5.30. The Morgan fingerprint density at radius 2 is 1.75 bits per heavy atom. The van der Waals surface area contributed by atoms with Gasteiger partial charge in [-0.05, 0) is 37.0 Å². The van der Waals surface area contributed by atoms with Gasteiger partial charge in [0, 0.05) is 14.2 Å². The molecule has 0 aliphatic rings. The maximum atomic E-state index is 6.01. The average Bonchev–Trinajstić information content (AvgIpc) is 2.25. The standard InChI is InChI=1S/C13H21NO2/c1-9-5-6-11(7-10(9)2)8-12(14)13(15-3)16-4/h5-7,12-13H,8,14H2,1-4H3. The number of ether oxygens (including phenoxy) is 2. The molecule has 1 aromatic rings. The van der Waals surface area contributed by atoms with Crippen LogP contribution in [0.3, 0.4) is 0 Å². The van der Waals surface area contributed by atoms with Gasteiger partial charge in [0.15, 0.2) is 6.29 Å². The van der Waals surface area contributed by atoms with Crippen LogP contribution in [-0.2, 0) is 15.9 Å². The molecule has 0 spiro atoms. The molecule has 0 aliphatic carbocycles. The van der Waals surface area contributed by atoms with E-state index in [0.29, 0.717) is 0 Å². The largest absolute Gasteiger partial charge is 0.354 e. The molecule has 1 unspecified atom stereocenters. The SMILES string of the molecule is COC(OC)C(N)Cc1ccc(C)c(C)c1. The number of hydrogen-bond donors (Lipinski definition) is 1. The Bertz CT molecular complexity index is 335. The topological polar surface area (TPSA) is 44.5 Å². The van der Waals surface area contributed by atoms with Crippen molar-refractivity contribution in [1.29, 1.82) is 0 Å². The first-order valence-electron chi connectivity index (χ1n) is 5.45. The lowest BCUT2D eigenvalue weighted by molar-refractivity contribution is -0.115. The molecule has 0 amide bonds. The van der Waals surface area contributed by atoms with Crippen LogP contribution >= 0.6 is 0 Å². The molecular weight excluding hydrogens is 202 g/mol. The van der Waals surface area contributed by atoms with Gasteiger partial charge in [-0.1, -0.05) is 18.2 Å². The summed E-state index contributed by atoms with van der Waals surface area (Å²) in [6.45, 7) is 4.21. The Hall–Kier alpha value is -0.900. The Labute approximate surface area is 97.6 Å². The third-order valence-electron chi connectivity index (χ3n) is 2.86. The molecule has 3 nitrogen and oxygen atoms in total. The van der Waals surface area contributed by atoms with E-state index in [-0.39, 0.29) is 12.3 Å². The zero-order valence-electron chi connectivity index (χ0n) is 10.5. The van der Waals surface area contributed by atoms with Gasteiger partial charge in [0.2, 0.25) is 0 Å². The number of rotatable bonds is 5. The predicted octanol–water partition coefficient (Wildman–Crippen LogP) is 1.79. The Balaban J connectivity index is 2.69. The van der Waals surface area contributed by atoms with E-state index in [1.165, 1.54) is 16.7 Å². The summed E-state index contributed by atoms with van der Waals surface area (Å²) in [5, 5.41) is 0. The molecule has 1 aromatic carbocycles. The van der Waals surface area contributed by atoms with Crippen molar-refractivity contribution < 1.29 is 9.47 Å². The van der Waals surface area contributed by atoms with Crippen molar-refractivity contribution in [2.75, 3.05) is 14.2 Å². The monoisotopic (exact) mass is 223 g/mol. The van der Waals surface area contributed by atoms with Crippen molar-refractivity contribution in [3.8, 4) is 0 Å². The van der Waals surface area contributed by atoms with Crippen LogP contribution in [0.25, 0.3) is 0 Å². The van der Waals surface area contributed by atoms with E-state index in [0.717, 1.165) is 6.42 Å². The van der Waals surface area contributed by atoms with E-state index in [1.54, 1.807) is 14.2 Å². The molecule has 2 N–H and O–H groups in total. The maximum Gasteiger partial charge on any atom is 0.172 e. The van der Waals surface area contributed by atoms with Crippen LogP contribution < -0.4 is 5.73 Å². The van der Waals surface area contributed by atoms with E-state index in [9.17, 15) is 0 Å². The second-order valence-corrected chi connectivity index (χ2v) is 4.13. The first kappa shape index (κ1) is 13.2. The fraction of sp³-hybridized carbons (Fsp3) is 0.538. The Kier molecular flexibility index (Phi) is 4.93. The summed E-state index contributed by atoms with van der Waals surface area (Å²) in [6, 6.07) is 6.24. The number of hydrogen-bond acceptors (Lipinski definition) is 3. The molecule has 0 heterocycles. The number of methoxy groups -OCH3 is 2. The lowest BCUT2D eigenvalue weighted by Crippen LogP contribution is -2.39. The van der Waals surface area contributed by atoms with E-state index < -0.39 is 0 Å². The van der Waals surface area contributed by atoms with Crippen molar-refractivity contribution in [1.82, 2.24) is 0 Å². The first-order chi connectivity index (χ1) is 7.58. The van der Waals surface area contributed by atoms with Crippen LogP contribution in [0.15, 0.2) is 18.2 Å². The van der Waals surface area contributed by atoms with Gasteiger partial charge in [0.25, 0.3) is 0 Å². The third kappa shape index (κ3) is 3.30. The van der Waals surface area contributed by atoms with Gasteiger partial charge >= 0.3 is 0 Å². The molecule has 0 saturated heterocycles. The summed E-state index contributed by atoms with van der Waals surface area (Å²) in [6.07, 6.45) is 0.412. The second-order valence-electron chi connectivity index (χ2n) is 4.13.